The topological polar surface area (TPSA) is 79.2 Å². The average Bonchev–Trinajstić information content (AvgIpc) is 3.01. The molecule has 0 amide bonds. The summed E-state index contributed by atoms with van der Waals surface area (Å²) in [5.74, 6) is -0.491. The van der Waals surface area contributed by atoms with Crippen molar-refractivity contribution in [2.75, 3.05) is 13.2 Å². The number of aliphatic hydroxyl groups excluding tert-OH is 3. The normalized spacial score (nSPS) is 18.9. The zero-order chi connectivity index (χ0) is 18.0. The van der Waals surface area contributed by atoms with Crippen LogP contribution in [0.4, 0.5) is 0 Å². The van der Waals surface area contributed by atoms with Crippen LogP contribution in [0.3, 0.4) is 0 Å². The van der Waals surface area contributed by atoms with Gasteiger partial charge in [-0.15, -0.1) is 0 Å². The number of rotatable bonds is 0. The third kappa shape index (κ3) is 24.6. The molecule has 23 heavy (non-hydrogen) atoms. The second kappa shape index (κ2) is 13.5. The molecule has 1 aliphatic carbocycles. The summed E-state index contributed by atoms with van der Waals surface area (Å²) in [6.07, 6.45) is 4.24. The summed E-state index contributed by atoms with van der Waals surface area (Å²) in [6, 6.07) is 0. The summed E-state index contributed by atoms with van der Waals surface area (Å²) in [4.78, 5) is 0. The molecule has 1 fully saturated rings. The Bertz CT molecular complexity index is 255. The summed E-state index contributed by atoms with van der Waals surface area (Å²) in [7, 11) is 0. The molecule has 0 aromatic heterocycles. The molecule has 1 spiro atoms. The Morgan fingerprint density at radius 3 is 1.22 bits per heavy atom. The molecule has 0 aromatic rings. The van der Waals surface area contributed by atoms with E-state index in [0.29, 0.717) is 0 Å². The van der Waals surface area contributed by atoms with E-state index >= 15 is 0 Å². The van der Waals surface area contributed by atoms with Gasteiger partial charge in [-0.05, 0) is 41.5 Å². The van der Waals surface area contributed by atoms with E-state index < -0.39 is 5.79 Å². The van der Waals surface area contributed by atoms with Gasteiger partial charge in [-0.2, -0.15) is 0 Å². The van der Waals surface area contributed by atoms with Crippen LogP contribution in [-0.2, 0) is 31.2 Å². The SMILES string of the molecule is CC(C)O.CC(C)O.CC(C)O.CC1(C)COC2([C-]=C2)OC1.[Ti]. The molecule has 5 nitrogen and oxygen atoms in total. The number of aliphatic hydroxyl groups is 3. The molecule has 0 unspecified atom stereocenters. The van der Waals surface area contributed by atoms with Gasteiger partial charge in [0, 0.05) is 51.2 Å². The maximum absolute atomic E-state index is 8.06. The molecule has 138 valence electrons. The predicted molar refractivity (Wildman–Crippen MR) is 88.3 cm³/mol. The number of hydrogen-bond acceptors (Lipinski definition) is 5. The Morgan fingerprint density at radius 1 is 0.826 bits per heavy atom. The monoisotopic (exact) mass is 367 g/mol. The van der Waals surface area contributed by atoms with E-state index in [9.17, 15) is 0 Å². The first-order chi connectivity index (χ1) is 9.82. The molecule has 0 aromatic carbocycles. The molecule has 0 saturated carbocycles. The fourth-order valence-electron chi connectivity index (χ4n) is 0.914. The van der Waals surface area contributed by atoms with E-state index in [1.54, 1.807) is 41.5 Å². The summed E-state index contributed by atoms with van der Waals surface area (Å²) in [6.45, 7) is 16.1. The van der Waals surface area contributed by atoms with Gasteiger partial charge in [-0.25, -0.2) is 6.08 Å². The van der Waals surface area contributed by atoms with E-state index in [1.807, 2.05) is 6.08 Å². The molecule has 1 saturated heterocycles. The van der Waals surface area contributed by atoms with Crippen LogP contribution in [0.1, 0.15) is 55.4 Å². The second-order valence-electron chi connectivity index (χ2n) is 6.98. The molecular formula is C17H35O5Ti-. The van der Waals surface area contributed by atoms with Gasteiger partial charge in [0.25, 0.3) is 0 Å². The van der Waals surface area contributed by atoms with Crippen molar-refractivity contribution >= 4 is 0 Å². The van der Waals surface area contributed by atoms with Gasteiger partial charge in [0.05, 0.1) is 13.2 Å². The Balaban J connectivity index is -0.000000264. The van der Waals surface area contributed by atoms with Gasteiger partial charge in [-0.3, -0.25) is 0 Å². The smallest absolute Gasteiger partial charge is 0.0545 e. The van der Waals surface area contributed by atoms with E-state index in [-0.39, 0.29) is 45.4 Å². The van der Waals surface area contributed by atoms with Crippen molar-refractivity contribution < 1.29 is 46.5 Å². The van der Waals surface area contributed by atoms with E-state index in [0.717, 1.165) is 13.2 Å². The Kier molecular flexibility index (Phi) is 16.5. The van der Waals surface area contributed by atoms with Crippen molar-refractivity contribution in [1.29, 1.82) is 0 Å². The summed E-state index contributed by atoms with van der Waals surface area (Å²) in [5.41, 5.74) is 0.170. The van der Waals surface area contributed by atoms with Crippen molar-refractivity contribution in [2.24, 2.45) is 5.41 Å². The Labute approximate surface area is 157 Å². The van der Waals surface area contributed by atoms with Crippen LogP contribution in [-0.4, -0.2) is 52.6 Å². The Hall–Kier alpha value is 0.254. The van der Waals surface area contributed by atoms with Crippen molar-refractivity contribution in [2.45, 2.75) is 79.5 Å². The minimum Gasteiger partial charge on any atom is -0.435 e. The maximum Gasteiger partial charge on any atom is 0.0545 e. The second-order valence-corrected chi connectivity index (χ2v) is 6.98. The first-order valence-electron chi connectivity index (χ1n) is 7.76. The molecule has 3 N–H and O–H groups in total. The fourth-order valence-corrected chi connectivity index (χ4v) is 0.914. The first kappa shape index (κ1) is 28.1. The van der Waals surface area contributed by atoms with Gasteiger partial charge in [0.2, 0.25) is 0 Å². The van der Waals surface area contributed by atoms with Crippen LogP contribution < -0.4 is 0 Å². The van der Waals surface area contributed by atoms with E-state index in [1.165, 1.54) is 0 Å². The molecule has 6 heteroatoms. The van der Waals surface area contributed by atoms with E-state index in [2.05, 4.69) is 19.9 Å². The van der Waals surface area contributed by atoms with Crippen molar-refractivity contribution in [3.8, 4) is 0 Å². The zero-order valence-corrected chi connectivity index (χ0v) is 17.4. The number of hydrogen-bond donors (Lipinski definition) is 3. The predicted octanol–water partition coefficient (Wildman–Crippen LogP) is 2.29. The van der Waals surface area contributed by atoms with Crippen LogP contribution in [0.25, 0.3) is 0 Å². The van der Waals surface area contributed by atoms with E-state index in [4.69, 9.17) is 24.8 Å². The van der Waals surface area contributed by atoms with Crippen LogP contribution in [0, 0.1) is 11.5 Å². The molecule has 2 aliphatic rings. The van der Waals surface area contributed by atoms with Crippen LogP contribution >= 0.6 is 0 Å². The summed E-state index contributed by atoms with van der Waals surface area (Å²) < 4.78 is 10.8. The third-order valence-corrected chi connectivity index (χ3v) is 1.73. The first-order valence-corrected chi connectivity index (χ1v) is 7.76. The largest absolute Gasteiger partial charge is 0.435 e. The van der Waals surface area contributed by atoms with Crippen molar-refractivity contribution in [3.05, 3.63) is 12.2 Å². The maximum atomic E-state index is 8.06. The van der Waals surface area contributed by atoms with Crippen LogP contribution in [0.2, 0.25) is 0 Å². The molecule has 1 heterocycles. The molecule has 2 rings (SSSR count). The van der Waals surface area contributed by atoms with Gasteiger partial charge in [0.15, 0.2) is 0 Å². The molecule has 0 bridgehead atoms. The average molecular weight is 367 g/mol. The van der Waals surface area contributed by atoms with Crippen molar-refractivity contribution in [1.82, 2.24) is 0 Å². The third-order valence-electron chi connectivity index (χ3n) is 1.73. The van der Waals surface area contributed by atoms with Gasteiger partial charge in [0.1, 0.15) is 0 Å². The summed E-state index contributed by atoms with van der Waals surface area (Å²) >= 11 is 0. The van der Waals surface area contributed by atoms with Crippen LogP contribution in [0.15, 0.2) is 6.08 Å². The minimum absolute atomic E-state index is 0. The zero-order valence-electron chi connectivity index (χ0n) is 15.9. The standard InChI is InChI=1S/C8H11O2.3C3H8O.Ti/c1-7(2)5-9-8(3-4-8)10-6-7;3*1-3(2)4;/h3H,5-6H2,1-2H3;3*3-4H,1-2H3;/q-1;;;;. The summed E-state index contributed by atoms with van der Waals surface area (Å²) in [5, 5.41) is 24.2. The molecule has 1 aliphatic heterocycles. The van der Waals surface area contributed by atoms with Gasteiger partial charge >= 0.3 is 0 Å². The quantitative estimate of drug-likeness (QED) is 0.452. The Morgan fingerprint density at radius 2 is 1.04 bits per heavy atom. The minimum atomic E-state index is -0.491. The number of ether oxygens (including phenoxy) is 2. The molecule has 0 atom stereocenters. The van der Waals surface area contributed by atoms with Gasteiger partial charge in [-0.1, -0.05) is 13.8 Å². The van der Waals surface area contributed by atoms with Gasteiger partial charge < -0.3 is 30.9 Å². The van der Waals surface area contributed by atoms with Crippen molar-refractivity contribution in [3.63, 3.8) is 0 Å². The van der Waals surface area contributed by atoms with Crippen LogP contribution in [0.5, 0.6) is 0 Å². The molecular weight excluding hydrogens is 332 g/mol. The fraction of sp³-hybridized carbons (Fsp3) is 0.882. The molecule has 0 radical (unpaired) electrons.